The molecule has 1 heterocycles. The van der Waals surface area contributed by atoms with E-state index in [1.807, 2.05) is 29.2 Å². The first-order valence-corrected chi connectivity index (χ1v) is 6.51. The molecule has 4 nitrogen and oxygen atoms in total. The quantitative estimate of drug-likeness (QED) is 0.912. The van der Waals surface area contributed by atoms with E-state index in [2.05, 4.69) is 4.90 Å². The summed E-state index contributed by atoms with van der Waals surface area (Å²) in [6.07, 6.45) is 0. The number of hydrogen-bond acceptors (Lipinski definition) is 3. The molecule has 0 atom stereocenters. The van der Waals surface area contributed by atoms with Gasteiger partial charge in [0.1, 0.15) is 0 Å². The van der Waals surface area contributed by atoms with Crippen LogP contribution in [0.2, 0.25) is 5.02 Å². The van der Waals surface area contributed by atoms with Crippen molar-refractivity contribution in [2.45, 2.75) is 6.54 Å². The third-order valence-corrected chi connectivity index (χ3v) is 3.47. The SMILES string of the molecule is Cl.Cl.NCC(=O)N1CCN(Cc2ccc(Cl)cc2)CC1. The van der Waals surface area contributed by atoms with Gasteiger partial charge in [0.25, 0.3) is 0 Å². The second kappa shape index (κ2) is 9.42. The number of halogens is 3. The Morgan fingerprint density at radius 1 is 1.10 bits per heavy atom. The molecule has 0 unspecified atom stereocenters. The largest absolute Gasteiger partial charge is 0.339 e. The first-order chi connectivity index (χ1) is 8.69. The van der Waals surface area contributed by atoms with Gasteiger partial charge in [-0.25, -0.2) is 0 Å². The minimum absolute atomic E-state index is 0. The van der Waals surface area contributed by atoms with E-state index in [4.69, 9.17) is 17.3 Å². The first kappa shape index (κ1) is 19.5. The Kier molecular flexibility index (Phi) is 9.18. The van der Waals surface area contributed by atoms with Gasteiger partial charge in [0, 0.05) is 37.7 Å². The highest BCUT2D eigenvalue weighted by molar-refractivity contribution is 6.30. The summed E-state index contributed by atoms with van der Waals surface area (Å²) < 4.78 is 0. The monoisotopic (exact) mass is 339 g/mol. The maximum Gasteiger partial charge on any atom is 0.236 e. The molecular formula is C13H20Cl3N3O. The number of nitrogens with two attached hydrogens (primary N) is 1. The zero-order chi connectivity index (χ0) is 13.0. The molecule has 2 N–H and O–H groups in total. The van der Waals surface area contributed by atoms with Gasteiger partial charge >= 0.3 is 0 Å². The average molecular weight is 341 g/mol. The summed E-state index contributed by atoms with van der Waals surface area (Å²) in [5, 5.41) is 0.761. The van der Waals surface area contributed by atoms with E-state index in [-0.39, 0.29) is 37.3 Å². The summed E-state index contributed by atoms with van der Waals surface area (Å²) in [7, 11) is 0. The van der Waals surface area contributed by atoms with Crippen LogP contribution in [0.5, 0.6) is 0 Å². The highest BCUT2D eigenvalue weighted by atomic mass is 35.5. The summed E-state index contributed by atoms with van der Waals surface area (Å²) in [4.78, 5) is 15.6. The third kappa shape index (κ3) is 5.46. The van der Waals surface area contributed by atoms with E-state index in [9.17, 15) is 4.79 Å². The number of hydrogen-bond donors (Lipinski definition) is 1. The average Bonchev–Trinajstić information content (AvgIpc) is 2.41. The fourth-order valence-electron chi connectivity index (χ4n) is 2.13. The van der Waals surface area contributed by atoms with Crippen molar-refractivity contribution in [3.63, 3.8) is 0 Å². The van der Waals surface area contributed by atoms with Crippen molar-refractivity contribution < 1.29 is 4.79 Å². The molecule has 114 valence electrons. The molecule has 1 aliphatic heterocycles. The molecule has 2 rings (SSSR count). The highest BCUT2D eigenvalue weighted by Gasteiger charge is 2.19. The Balaban J connectivity index is 0.00000180. The number of amides is 1. The number of carbonyl (C=O) groups excluding carboxylic acids is 1. The van der Waals surface area contributed by atoms with Crippen LogP contribution in [-0.4, -0.2) is 48.4 Å². The van der Waals surface area contributed by atoms with Crippen LogP contribution in [0.25, 0.3) is 0 Å². The van der Waals surface area contributed by atoms with Crippen molar-refractivity contribution in [2.75, 3.05) is 32.7 Å². The van der Waals surface area contributed by atoms with Gasteiger partial charge in [0.2, 0.25) is 5.91 Å². The smallest absolute Gasteiger partial charge is 0.236 e. The minimum atomic E-state index is 0. The van der Waals surface area contributed by atoms with Gasteiger partial charge in [-0.05, 0) is 17.7 Å². The molecule has 1 aliphatic rings. The van der Waals surface area contributed by atoms with E-state index in [0.717, 1.165) is 37.7 Å². The summed E-state index contributed by atoms with van der Waals surface area (Å²) in [5.41, 5.74) is 6.61. The van der Waals surface area contributed by atoms with Crippen LogP contribution < -0.4 is 5.73 Å². The topological polar surface area (TPSA) is 49.6 Å². The first-order valence-electron chi connectivity index (χ1n) is 6.13. The molecule has 7 heteroatoms. The lowest BCUT2D eigenvalue weighted by atomic mass is 10.2. The van der Waals surface area contributed by atoms with Crippen LogP contribution in [-0.2, 0) is 11.3 Å². The number of benzene rings is 1. The second-order valence-electron chi connectivity index (χ2n) is 4.49. The van der Waals surface area contributed by atoms with E-state index in [0.29, 0.717) is 0 Å². The van der Waals surface area contributed by atoms with E-state index >= 15 is 0 Å². The van der Waals surface area contributed by atoms with Crippen molar-refractivity contribution in [3.05, 3.63) is 34.9 Å². The van der Waals surface area contributed by atoms with Gasteiger partial charge in [-0.2, -0.15) is 0 Å². The standard InChI is InChI=1S/C13H18ClN3O.2ClH/c14-12-3-1-11(2-4-12)10-16-5-7-17(8-6-16)13(18)9-15;;/h1-4H,5-10,15H2;2*1H. The molecule has 1 aromatic carbocycles. The van der Waals surface area contributed by atoms with Gasteiger partial charge in [0.05, 0.1) is 6.54 Å². The molecule has 1 amide bonds. The Hall–Kier alpha value is -0.520. The second-order valence-corrected chi connectivity index (χ2v) is 4.92. The molecule has 1 aromatic rings. The lowest BCUT2D eigenvalue weighted by Crippen LogP contribution is -2.49. The predicted molar refractivity (Wildman–Crippen MR) is 86.9 cm³/mol. The van der Waals surface area contributed by atoms with Gasteiger partial charge in [-0.3, -0.25) is 9.69 Å². The predicted octanol–water partition coefficient (Wildman–Crippen LogP) is 1.79. The normalized spacial score (nSPS) is 15.2. The fourth-order valence-corrected chi connectivity index (χ4v) is 2.26. The molecule has 0 aliphatic carbocycles. The van der Waals surface area contributed by atoms with Crippen molar-refractivity contribution in [1.82, 2.24) is 9.80 Å². The highest BCUT2D eigenvalue weighted by Crippen LogP contribution is 2.12. The fraction of sp³-hybridized carbons (Fsp3) is 0.462. The molecule has 0 radical (unpaired) electrons. The van der Waals surface area contributed by atoms with Gasteiger partial charge in [-0.15, -0.1) is 24.8 Å². The summed E-state index contributed by atoms with van der Waals surface area (Å²) >= 11 is 5.85. The lowest BCUT2D eigenvalue weighted by Gasteiger charge is -2.34. The Morgan fingerprint density at radius 2 is 1.65 bits per heavy atom. The zero-order valence-electron chi connectivity index (χ0n) is 11.1. The maximum absolute atomic E-state index is 11.4. The Labute approximate surface area is 137 Å². The van der Waals surface area contributed by atoms with Crippen LogP contribution in [0, 0.1) is 0 Å². The van der Waals surface area contributed by atoms with Crippen molar-refractivity contribution in [3.8, 4) is 0 Å². The van der Waals surface area contributed by atoms with E-state index < -0.39 is 0 Å². The van der Waals surface area contributed by atoms with Crippen LogP contribution >= 0.6 is 36.4 Å². The van der Waals surface area contributed by atoms with Crippen LogP contribution in [0.15, 0.2) is 24.3 Å². The third-order valence-electron chi connectivity index (χ3n) is 3.22. The van der Waals surface area contributed by atoms with Gasteiger partial charge < -0.3 is 10.6 Å². The molecule has 0 aromatic heterocycles. The van der Waals surface area contributed by atoms with Crippen LogP contribution in [0.1, 0.15) is 5.56 Å². The zero-order valence-corrected chi connectivity index (χ0v) is 13.5. The van der Waals surface area contributed by atoms with Crippen LogP contribution in [0.4, 0.5) is 0 Å². The van der Waals surface area contributed by atoms with Gasteiger partial charge in [0.15, 0.2) is 0 Å². The molecule has 1 fully saturated rings. The number of piperazine rings is 1. The maximum atomic E-state index is 11.4. The van der Waals surface area contributed by atoms with Crippen molar-refractivity contribution in [2.24, 2.45) is 5.73 Å². The summed E-state index contributed by atoms with van der Waals surface area (Å²) in [6.45, 7) is 4.34. The lowest BCUT2D eigenvalue weighted by molar-refractivity contribution is -0.131. The van der Waals surface area contributed by atoms with Gasteiger partial charge in [-0.1, -0.05) is 23.7 Å². The number of carbonyl (C=O) groups is 1. The van der Waals surface area contributed by atoms with E-state index in [1.165, 1.54) is 5.56 Å². The van der Waals surface area contributed by atoms with Crippen LogP contribution in [0.3, 0.4) is 0 Å². The Morgan fingerprint density at radius 3 is 2.15 bits per heavy atom. The van der Waals surface area contributed by atoms with Crippen molar-refractivity contribution >= 4 is 42.3 Å². The number of rotatable bonds is 3. The summed E-state index contributed by atoms with van der Waals surface area (Å²) in [6, 6.07) is 7.90. The van der Waals surface area contributed by atoms with Crippen molar-refractivity contribution in [1.29, 1.82) is 0 Å². The van der Waals surface area contributed by atoms with E-state index in [1.54, 1.807) is 0 Å². The minimum Gasteiger partial charge on any atom is -0.339 e. The molecule has 0 bridgehead atoms. The molecule has 0 saturated carbocycles. The summed E-state index contributed by atoms with van der Waals surface area (Å²) in [5.74, 6) is 0.0427. The Bertz CT molecular complexity index is 406. The molecular weight excluding hydrogens is 321 g/mol. The molecule has 1 saturated heterocycles. The molecule has 0 spiro atoms. The molecule has 20 heavy (non-hydrogen) atoms. The number of nitrogens with zero attached hydrogens (tertiary/aromatic N) is 2.